The first kappa shape index (κ1) is 18.7. The third kappa shape index (κ3) is 4.84. The Balaban J connectivity index is 0.00000242. The number of carbonyl (C=O) groups excluding carboxylic acids is 3. The zero-order valence-corrected chi connectivity index (χ0v) is 13.6. The van der Waals surface area contributed by atoms with Gasteiger partial charge in [0.1, 0.15) is 0 Å². The number of hydrogen-bond acceptors (Lipinski definition) is 4. The largest absolute Gasteiger partial charge is 0.355 e. The summed E-state index contributed by atoms with van der Waals surface area (Å²) >= 11 is 0. The second kappa shape index (κ2) is 8.95. The van der Waals surface area contributed by atoms with Gasteiger partial charge >= 0.3 is 0 Å². The highest BCUT2D eigenvalue weighted by Gasteiger charge is 2.30. The molecule has 0 aromatic rings. The minimum absolute atomic E-state index is 0. The van der Waals surface area contributed by atoms with Gasteiger partial charge in [-0.2, -0.15) is 0 Å². The smallest absolute Gasteiger partial charge is 0.242 e. The average molecular weight is 333 g/mol. The van der Waals surface area contributed by atoms with Gasteiger partial charge in [-0.05, 0) is 19.3 Å². The molecule has 2 saturated heterocycles. The molecule has 0 aromatic heterocycles. The summed E-state index contributed by atoms with van der Waals surface area (Å²) < 4.78 is 0. The number of nitrogens with two attached hydrogens (primary N) is 1. The third-order valence-electron chi connectivity index (χ3n) is 4.09. The quantitative estimate of drug-likeness (QED) is 0.699. The van der Waals surface area contributed by atoms with E-state index in [1.54, 1.807) is 9.80 Å². The van der Waals surface area contributed by atoms with Crippen molar-refractivity contribution in [2.45, 2.75) is 25.7 Å². The molecule has 3 amide bonds. The Hall–Kier alpha value is -1.34. The first-order valence-corrected chi connectivity index (χ1v) is 7.65. The Morgan fingerprint density at radius 3 is 2.68 bits per heavy atom. The highest BCUT2D eigenvalue weighted by Crippen LogP contribution is 2.18. The van der Waals surface area contributed by atoms with Crippen molar-refractivity contribution in [2.75, 3.05) is 39.3 Å². The molecule has 2 aliphatic heterocycles. The Kier molecular flexibility index (Phi) is 7.61. The van der Waals surface area contributed by atoms with Crippen molar-refractivity contribution in [1.29, 1.82) is 0 Å². The average Bonchev–Trinajstić information content (AvgIpc) is 2.90. The number of likely N-dealkylation sites (tertiary alicyclic amines) is 2. The molecular formula is C14H25ClN4O3. The van der Waals surface area contributed by atoms with E-state index in [4.69, 9.17) is 5.73 Å². The highest BCUT2D eigenvalue weighted by molar-refractivity contribution is 5.86. The predicted octanol–water partition coefficient (Wildman–Crippen LogP) is -0.656. The predicted molar refractivity (Wildman–Crippen MR) is 84.4 cm³/mol. The molecule has 1 unspecified atom stereocenters. The van der Waals surface area contributed by atoms with Crippen molar-refractivity contribution in [2.24, 2.45) is 11.7 Å². The molecule has 2 rings (SSSR count). The van der Waals surface area contributed by atoms with Crippen molar-refractivity contribution in [3.63, 3.8) is 0 Å². The maximum absolute atomic E-state index is 12.3. The number of amides is 3. The molecule has 0 saturated carbocycles. The van der Waals surface area contributed by atoms with E-state index in [0.29, 0.717) is 39.1 Å². The summed E-state index contributed by atoms with van der Waals surface area (Å²) in [5.41, 5.74) is 5.37. The first-order chi connectivity index (χ1) is 10.1. The monoisotopic (exact) mass is 332 g/mol. The van der Waals surface area contributed by atoms with Crippen LogP contribution in [0.3, 0.4) is 0 Å². The van der Waals surface area contributed by atoms with Crippen molar-refractivity contribution < 1.29 is 14.4 Å². The maximum atomic E-state index is 12.3. The van der Waals surface area contributed by atoms with Gasteiger partial charge in [0.25, 0.3) is 0 Å². The van der Waals surface area contributed by atoms with Crippen LogP contribution in [0.4, 0.5) is 0 Å². The van der Waals surface area contributed by atoms with Crippen molar-refractivity contribution in [3.05, 3.63) is 0 Å². The van der Waals surface area contributed by atoms with Gasteiger partial charge in [-0.1, -0.05) is 0 Å². The van der Waals surface area contributed by atoms with E-state index >= 15 is 0 Å². The number of nitrogens with one attached hydrogen (secondary N) is 1. The fraction of sp³-hybridized carbons (Fsp3) is 0.786. The number of piperidine rings is 1. The number of carbonyl (C=O) groups is 3. The maximum Gasteiger partial charge on any atom is 0.242 e. The summed E-state index contributed by atoms with van der Waals surface area (Å²) in [6.07, 6.45) is 2.98. The molecule has 126 valence electrons. The van der Waals surface area contributed by atoms with Gasteiger partial charge in [-0.15, -0.1) is 12.4 Å². The molecule has 2 aliphatic rings. The van der Waals surface area contributed by atoms with Gasteiger partial charge in [0.15, 0.2) is 0 Å². The lowest BCUT2D eigenvalue weighted by atomic mass is 9.97. The Bertz CT molecular complexity index is 419. The Morgan fingerprint density at radius 2 is 2.05 bits per heavy atom. The molecule has 0 aliphatic carbocycles. The summed E-state index contributed by atoms with van der Waals surface area (Å²) in [6, 6.07) is 0. The summed E-state index contributed by atoms with van der Waals surface area (Å²) in [6.45, 7) is 2.80. The van der Waals surface area contributed by atoms with Crippen LogP contribution in [0.25, 0.3) is 0 Å². The van der Waals surface area contributed by atoms with E-state index in [-0.39, 0.29) is 42.6 Å². The fourth-order valence-electron chi connectivity index (χ4n) is 2.89. The zero-order valence-electron chi connectivity index (χ0n) is 12.8. The second-order valence-electron chi connectivity index (χ2n) is 5.68. The van der Waals surface area contributed by atoms with Crippen molar-refractivity contribution in [3.8, 4) is 0 Å². The molecule has 8 heteroatoms. The van der Waals surface area contributed by atoms with Crippen LogP contribution in [-0.2, 0) is 14.4 Å². The van der Waals surface area contributed by atoms with Crippen molar-refractivity contribution in [1.82, 2.24) is 15.1 Å². The molecule has 2 heterocycles. The van der Waals surface area contributed by atoms with Gasteiger partial charge in [-0.25, -0.2) is 0 Å². The van der Waals surface area contributed by atoms with E-state index in [1.165, 1.54) is 0 Å². The number of hydrogen-bond donors (Lipinski definition) is 2. The molecule has 0 spiro atoms. The van der Waals surface area contributed by atoms with E-state index in [9.17, 15) is 14.4 Å². The van der Waals surface area contributed by atoms with Gasteiger partial charge < -0.3 is 20.9 Å². The van der Waals surface area contributed by atoms with E-state index < -0.39 is 0 Å². The lowest BCUT2D eigenvalue weighted by Crippen LogP contribution is -2.49. The summed E-state index contributed by atoms with van der Waals surface area (Å²) in [4.78, 5) is 39.1. The van der Waals surface area contributed by atoms with Crippen LogP contribution in [0, 0.1) is 5.92 Å². The topological polar surface area (TPSA) is 95.7 Å². The number of rotatable bonds is 5. The molecule has 0 bridgehead atoms. The zero-order chi connectivity index (χ0) is 15.2. The molecule has 1 atom stereocenters. The number of halogens is 1. The van der Waals surface area contributed by atoms with Crippen LogP contribution in [-0.4, -0.2) is 66.8 Å². The van der Waals surface area contributed by atoms with Crippen LogP contribution in [0.2, 0.25) is 0 Å². The van der Waals surface area contributed by atoms with Crippen molar-refractivity contribution >= 4 is 30.1 Å². The summed E-state index contributed by atoms with van der Waals surface area (Å²) in [7, 11) is 0. The van der Waals surface area contributed by atoms with E-state index in [2.05, 4.69) is 5.32 Å². The van der Waals surface area contributed by atoms with Gasteiger partial charge in [0.2, 0.25) is 17.7 Å². The van der Waals surface area contributed by atoms with Crippen LogP contribution >= 0.6 is 12.4 Å². The van der Waals surface area contributed by atoms with E-state index in [1.807, 2.05) is 0 Å². The number of nitrogens with zero attached hydrogens (tertiary/aromatic N) is 2. The van der Waals surface area contributed by atoms with E-state index in [0.717, 1.165) is 19.3 Å². The lowest BCUT2D eigenvalue weighted by Gasteiger charge is -2.33. The highest BCUT2D eigenvalue weighted by atomic mass is 35.5. The molecule has 3 N–H and O–H groups in total. The SMILES string of the molecule is Cl.NCCNC(=O)C1CCCN(C(=O)CN2CCCC2=O)C1. The standard InChI is InChI=1S/C14H24N4O3.ClH/c15-5-6-16-14(21)11-3-1-7-17(9-11)13(20)10-18-8-2-4-12(18)19;/h11H,1-10,15H2,(H,16,21);1H. The molecule has 22 heavy (non-hydrogen) atoms. The van der Waals surface area contributed by atoms with Crippen LogP contribution in [0.1, 0.15) is 25.7 Å². The van der Waals surface area contributed by atoms with Crippen LogP contribution in [0.15, 0.2) is 0 Å². The fourth-order valence-corrected chi connectivity index (χ4v) is 2.89. The van der Waals surface area contributed by atoms with Gasteiger partial charge in [-0.3, -0.25) is 14.4 Å². The normalized spacial score (nSPS) is 21.5. The molecule has 2 fully saturated rings. The molecule has 7 nitrogen and oxygen atoms in total. The molecule has 0 radical (unpaired) electrons. The minimum Gasteiger partial charge on any atom is -0.355 e. The lowest BCUT2D eigenvalue weighted by molar-refractivity contribution is -0.141. The Morgan fingerprint density at radius 1 is 1.27 bits per heavy atom. The van der Waals surface area contributed by atoms with Gasteiger partial charge in [0, 0.05) is 39.1 Å². The van der Waals surface area contributed by atoms with Crippen LogP contribution < -0.4 is 11.1 Å². The molecule has 0 aromatic carbocycles. The molecular weight excluding hydrogens is 308 g/mol. The Labute approximate surface area is 137 Å². The van der Waals surface area contributed by atoms with Gasteiger partial charge in [0.05, 0.1) is 12.5 Å². The van der Waals surface area contributed by atoms with Crippen LogP contribution in [0.5, 0.6) is 0 Å². The first-order valence-electron chi connectivity index (χ1n) is 7.65. The third-order valence-corrected chi connectivity index (χ3v) is 4.09. The second-order valence-corrected chi connectivity index (χ2v) is 5.68. The summed E-state index contributed by atoms with van der Waals surface area (Å²) in [5, 5.41) is 2.78. The minimum atomic E-state index is -0.163. The summed E-state index contributed by atoms with van der Waals surface area (Å²) in [5.74, 6) is -0.196.